The van der Waals surface area contributed by atoms with Gasteiger partial charge in [-0.15, -0.1) is 24.8 Å². The van der Waals surface area contributed by atoms with E-state index in [4.69, 9.17) is 5.73 Å². The third-order valence-corrected chi connectivity index (χ3v) is 3.43. The van der Waals surface area contributed by atoms with Crippen molar-refractivity contribution in [3.63, 3.8) is 0 Å². The molecule has 0 aliphatic rings. The normalized spacial score (nSPS) is 10.7. The zero-order valence-corrected chi connectivity index (χ0v) is 15.0. The van der Waals surface area contributed by atoms with Crippen LogP contribution in [0.2, 0.25) is 0 Å². The average molecular weight is 374 g/mol. The molecule has 7 heteroatoms. The molecule has 0 spiro atoms. The summed E-state index contributed by atoms with van der Waals surface area (Å²) in [4.78, 5) is 12.2. The molecule has 126 valence electrons. The Hall–Kier alpha value is -1.40. The van der Waals surface area contributed by atoms with E-state index in [9.17, 15) is 4.79 Å². The summed E-state index contributed by atoms with van der Waals surface area (Å²) in [5.74, 6) is 0.476. The van der Waals surface area contributed by atoms with Crippen LogP contribution in [0.1, 0.15) is 10.4 Å². The molecule has 0 unspecified atom stereocenters. The van der Waals surface area contributed by atoms with Crippen molar-refractivity contribution in [2.75, 3.05) is 22.9 Å². The number of thiol groups is 1. The highest BCUT2D eigenvalue weighted by Crippen LogP contribution is 2.13. The first-order valence-electron chi connectivity index (χ1n) is 6.76. The summed E-state index contributed by atoms with van der Waals surface area (Å²) in [6, 6.07) is 16.7. The van der Waals surface area contributed by atoms with Crippen LogP contribution in [0.15, 0.2) is 54.6 Å². The summed E-state index contributed by atoms with van der Waals surface area (Å²) >= 11 is 4.14. The summed E-state index contributed by atoms with van der Waals surface area (Å²) in [5.41, 5.74) is 8.05. The van der Waals surface area contributed by atoms with Gasteiger partial charge in [0.25, 0.3) is 5.91 Å². The van der Waals surface area contributed by atoms with Crippen molar-refractivity contribution in [2.24, 2.45) is 5.73 Å². The topological polar surface area (TPSA) is 67.1 Å². The minimum absolute atomic E-state index is 0. The van der Waals surface area contributed by atoms with Crippen LogP contribution in [0.5, 0.6) is 0 Å². The number of anilines is 2. The Morgan fingerprint density at radius 2 is 1.70 bits per heavy atom. The predicted molar refractivity (Wildman–Crippen MR) is 106 cm³/mol. The molecule has 0 aliphatic carbocycles. The summed E-state index contributed by atoms with van der Waals surface area (Å²) in [6.07, 6.45) is 0. The van der Waals surface area contributed by atoms with Gasteiger partial charge >= 0.3 is 0 Å². The number of hydrogen-bond acceptors (Lipinski definition) is 4. The van der Waals surface area contributed by atoms with Crippen LogP contribution in [0, 0.1) is 0 Å². The first kappa shape index (κ1) is 21.6. The number of amides is 1. The van der Waals surface area contributed by atoms with Gasteiger partial charge in [0.2, 0.25) is 0 Å². The summed E-state index contributed by atoms with van der Waals surface area (Å²) < 4.78 is 0. The second-order valence-electron chi connectivity index (χ2n) is 4.72. The molecular formula is C16H21Cl2N3OS. The molecule has 0 saturated heterocycles. The zero-order chi connectivity index (χ0) is 15.1. The number of nitrogens with one attached hydrogen (secondary N) is 2. The SMILES string of the molecule is Cl.Cl.N[C@@H](CS)CNc1cccc(C(=O)Nc2ccccc2)c1. The van der Waals surface area contributed by atoms with Crippen LogP contribution in [0.3, 0.4) is 0 Å². The first-order valence-corrected chi connectivity index (χ1v) is 7.39. The Kier molecular flexibility index (Phi) is 10.5. The molecule has 4 nitrogen and oxygen atoms in total. The predicted octanol–water partition coefficient (Wildman–Crippen LogP) is 3.45. The monoisotopic (exact) mass is 373 g/mol. The van der Waals surface area contributed by atoms with Crippen LogP contribution in [0.25, 0.3) is 0 Å². The lowest BCUT2D eigenvalue weighted by molar-refractivity contribution is 0.102. The van der Waals surface area contributed by atoms with Crippen LogP contribution < -0.4 is 16.4 Å². The average Bonchev–Trinajstić information content (AvgIpc) is 2.53. The maximum atomic E-state index is 12.2. The van der Waals surface area contributed by atoms with Crippen molar-refractivity contribution < 1.29 is 4.79 Å². The molecule has 0 bridgehead atoms. The minimum Gasteiger partial charge on any atom is -0.383 e. The van der Waals surface area contributed by atoms with Crippen LogP contribution in [-0.2, 0) is 0 Å². The molecule has 4 N–H and O–H groups in total. The maximum Gasteiger partial charge on any atom is 0.255 e. The molecular weight excluding hydrogens is 353 g/mol. The highest BCUT2D eigenvalue weighted by molar-refractivity contribution is 7.80. The van der Waals surface area contributed by atoms with Gasteiger partial charge in [-0.2, -0.15) is 12.6 Å². The zero-order valence-electron chi connectivity index (χ0n) is 12.4. The molecule has 2 rings (SSSR count). The van der Waals surface area contributed by atoms with E-state index >= 15 is 0 Å². The van der Waals surface area contributed by atoms with Gasteiger partial charge in [0.1, 0.15) is 0 Å². The van der Waals surface area contributed by atoms with E-state index in [1.54, 1.807) is 6.07 Å². The van der Waals surface area contributed by atoms with E-state index < -0.39 is 0 Å². The van der Waals surface area contributed by atoms with Crippen molar-refractivity contribution in [3.8, 4) is 0 Å². The number of carbonyl (C=O) groups is 1. The maximum absolute atomic E-state index is 12.2. The van der Waals surface area contributed by atoms with Gasteiger partial charge in [0.15, 0.2) is 0 Å². The van der Waals surface area contributed by atoms with Gasteiger partial charge in [-0.1, -0.05) is 24.3 Å². The molecule has 0 fully saturated rings. The third kappa shape index (κ3) is 7.14. The Balaban J connectivity index is 0.00000242. The molecule has 1 atom stereocenters. The van der Waals surface area contributed by atoms with E-state index in [-0.39, 0.29) is 36.8 Å². The third-order valence-electron chi connectivity index (χ3n) is 2.96. The number of hydrogen-bond donors (Lipinski definition) is 4. The number of halogens is 2. The van der Waals surface area contributed by atoms with Crippen molar-refractivity contribution in [1.29, 1.82) is 0 Å². The highest BCUT2D eigenvalue weighted by Gasteiger charge is 2.07. The largest absolute Gasteiger partial charge is 0.383 e. The summed E-state index contributed by atoms with van der Waals surface area (Å²) in [7, 11) is 0. The fourth-order valence-corrected chi connectivity index (χ4v) is 1.94. The van der Waals surface area contributed by atoms with Gasteiger partial charge in [-0.25, -0.2) is 0 Å². The van der Waals surface area contributed by atoms with Crippen LogP contribution in [-0.4, -0.2) is 24.2 Å². The standard InChI is InChI=1S/C16H19N3OS.2ClH/c17-13(11-21)10-18-15-8-4-5-12(9-15)16(20)19-14-6-2-1-3-7-14;;/h1-9,13,18,21H,10-11,17H2,(H,19,20);2*1H/t13-;;/m1../s1. The quantitative estimate of drug-likeness (QED) is 0.586. The first-order chi connectivity index (χ1) is 10.2. The lowest BCUT2D eigenvalue weighted by Crippen LogP contribution is -2.30. The van der Waals surface area contributed by atoms with E-state index in [1.165, 1.54) is 0 Å². The van der Waals surface area contributed by atoms with Crippen molar-refractivity contribution >= 4 is 54.7 Å². The molecule has 0 radical (unpaired) electrons. The second kappa shape index (κ2) is 11.2. The molecule has 1 amide bonds. The van der Waals surface area contributed by atoms with E-state index in [0.29, 0.717) is 17.9 Å². The lowest BCUT2D eigenvalue weighted by Gasteiger charge is -2.12. The van der Waals surface area contributed by atoms with Crippen LogP contribution in [0.4, 0.5) is 11.4 Å². The lowest BCUT2D eigenvalue weighted by atomic mass is 10.1. The van der Waals surface area contributed by atoms with Gasteiger partial charge in [-0.05, 0) is 30.3 Å². The Labute approximate surface area is 154 Å². The van der Waals surface area contributed by atoms with E-state index in [2.05, 4.69) is 23.3 Å². The molecule has 0 aliphatic heterocycles. The summed E-state index contributed by atoms with van der Waals surface area (Å²) in [5, 5.41) is 6.06. The van der Waals surface area contributed by atoms with Gasteiger partial charge < -0.3 is 16.4 Å². The summed E-state index contributed by atoms with van der Waals surface area (Å²) in [6.45, 7) is 0.618. The van der Waals surface area contributed by atoms with Crippen molar-refractivity contribution in [1.82, 2.24) is 0 Å². The Morgan fingerprint density at radius 3 is 2.35 bits per heavy atom. The van der Waals surface area contributed by atoms with Crippen molar-refractivity contribution in [2.45, 2.75) is 6.04 Å². The number of nitrogens with two attached hydrogens (primary N) is 1. The molecule has 0 heterocycles. The van der Waals surface area contributed by atoms with E-state index in [0.717, 1.165) is 11.4 Å². The van der Waals surface area contributed by atoms with Crippen LogP contribution >= 0.6 is 37.4 Å². The Morgan fingerprint density at radius 1 is 1.04 bits per heavy atom. The van der Waals surface area contributed by atoms with E-state index in [1.807, 2.05) is 48.5 Å². The van der Waals surface area contributed by atoms with Gasteiger partial charge in [-0.3, -0.25) is 4.79 Å². The molecule has 23 heavy (non-hydrogen) atoms. The molecule has 2 aromatic carbocycles. The number of carbonyl (C=O) groups excluding carboxylic acids is 1. The number of benzene rings is 2. The van der Waals surface area contributed by atoms with Gasteiger partial charge in [0.05, 0.1) is 0 Å². The minimum atomic E-state index is -0.136. The Bertz CT molecular complexity index is 599. The molecule has 2 aromatic rings. The fourth-order valence-electron chi connectivity index (χ4n) is 1.81. The van der Waals surface area contributed by atoms with Crippen molar-refractivity contribution in [3.05, 3.63) is 60.2 Å². The highest BCUT2D eigenvalue weighted by atomic mass is 35.5. The smallest absolute Gasteiger partial charge is 0.255 e. The second-order valence-corrected chi connectivity index (χ2v) is 5.09. The number of rotatable bonds is 6. The van der Waals surface area contributed by atoms with Gasteiger partial charge in [0, 0.05) is 35.3 Å². The number of para-hydroxylation sites is 1. The fraction of sp³-hybridized carbons (Fsp3) is 0.188. The molecule has 0 saturated carbocycles. The molecule has 0 aromatic heterocycles.